The number of halogens is 1. The Balaban J connectivity index is 1.77. The highest BCUT2D eigenvalue weighted by Gasteiger charge is 2.34. The van der Waals surface area contributed by atoms with Crippen LogP contribution in [0.25, 0.3) is 0 Å². The molecule has 3 heterocycles. The highest BCUT2D eigenvalue weighted by Crippen LogP contribution is 2.31. The standard InChI is InChI=1S/C16H25ClN4/c1-3-18-9-12-8-16(19-10-15(12)17)21-7-6-13-4-5-14(11-21)20(13)2/h8,10,13-14,18H,3-7,9,11H2,1-2H3. The van der Waals surface area contributed by atoms with E-state index in [9.17, 15) is 0 Å². The van der Waals surface area contributed by atoms with Gasteiger partial charge in [0.15, 0.2) is 0 Å². The average Bonchev–Trinajstić information content (AvgIpc) is 2.72. The molecular formula is C16H25ClN4. The van der Waals surface area contributed by atoms with E-state index in [1.54, 1.807) is 6.20 Å². The highest BCUT2D eigenvalue weighted by atomic mass is 35.5. The van der Waals surface area contributed by atoms with E-state index in [0.29, 0.717) is 6.04 Å². The molecule has 2 unspecified atom stereocenters. The van der Waals surface area contributed by atoms with Crippen LogP contribution in [0.4, 0.5) is 5.82 Å². The van der Waals surface area contributed by atoms with Gasteiger partial charge in [0.2, 0.25) is 0 Å². The largest absolute Gasteiger partial charge is 0.355 e. The van der Waals surface area contributed by atoms with Crippen molar-refractivity contribution in [3.05, 3.63) is 22.8 Å². The first-order valence-corrected chi connectivity index (χ1v) is 8.39. The zero-order valence-electron chi connectivity index (χ0n) is 13.0. The van der Waals surface area contributed by atoms with Crippen molar-refractivity contribution < 1.29 is 0 Å². The molecule has 2 bridgehead atoms. The molecule has 2 aliphatic rings. The highest BCUT2D eigenvalue weighted by molar-refractivity contribution is 6.31. The van der Waals surface area contributed by atoms with Crippen LogP contribution in [0.1, 0.15) is 31.7 Å². The van der Waals surface area contributed by atoms with Crippen LogP contribution < -0.4 is 10.2 Å². The third-order valence-electron chi connectivity index (χ3n) is 4.96. The first-order chi connectivity index (χ1) is 10.2. The number of anilines is 1. The monoisotopic (exact) mass is 308 g/mol. The predicted molar refractivity (Wildman–Crippen MR) is 88.0 cm³/mol. The Labute approximate surface area is 132 Å². The van der Waals surface area contributed by atoms with Gasteiger partial charge in [-0.15, -0.1) is 0 Å². The molecule has 1 N–H and O–H groups in total. The summed E-state index contributed by atoms with van der Waals surface area (Å²) < 4.78 is 0. The second-order valence-electron chi connectivity index (χ2n) is 6.20. The van der Waals surface area contributed by atoms with Crippen molar-refractivity contribution in [3.8, 4) is 0 Å². The van der Waals surface area contributed by atoms with Crippen LogP contribution in [0, 0.1) is 0 Å². The van der Waals surface area contributed by atoms with Gasteiger partial charge in [0.1, 0.15) is 5.82 Å². The lowest BCUT2D eigenvalue weighted by atomic mass is 10.1. The van der Waals surface area contributed by atoms with Gasteiger partial charge in [-0.1, -0.05) is 18.5 Å². The Morgan fingerprint density at radius 1 is 1.33 bits per heavy atom. The number of pyridine rings is 1. The van der Waals surface area contributed by atoms with Gasteiger partial charge in [-0.3, -0.25) is 4.90 Å². The zero-order valence-corrected chi connectivity index (χ0v) is 13.7. The fourth-order valence-corrected chi connectivity index (χ4v) is 3.72. The lowest BCUT2D eigenvalue weighted by Gasteiger charge is -2.27. The van der Waals surface area contributed by atoms with Gasteiger partial charge in [-0.05, 0) is 44.5 Å². The molecule has 1 aromatic rings. The van der Waals surface area contributed by atoms with Gasteiger partial charge in [0, 0.05) is 37.9 Å². The van der Waals surface area contributed by atoms with Crippen LogP contribution in [-0.2, 0) is 6.54 Å². The molecule has 0 aliphatic carbocycles. The molecule has 0 radical (unpaired) electrons. The molecule has 0 amide bonds. The maximum absolute atomic E-state index is 6.26. The predicted octanol–water partition coefficient (Wildman–Crippen LogP) is 2.52. The molecular weight excluding hydrogens is 284 g/mol. The van der Waals surface area contributed by atoms with Crippen LogP contribution in [0.5, 0.6) is 0 Å². The van der Waals surface area contributed by atoms with E-state index in [1.807, 2.05) is 0 Å². The number of aromatic nitrogens is 1. The van der Waals surface area contributed by atoms with Gasteiger partial charge < -0.3 is 10.2 Å². The van der Waals surface area contributed by atoms with E-state index in [2.05, 4.69) is 40.1 Å². The summed E-state index contributed by atoms with van der Waals surface area (Å²) >= 11 is 6.26. The molecule has 0 aromatic carbocycles. The Bertz CT molecular complexity index is 493. The second kappa shape index (κ2) is 6.51. The third kappa shape index (κ3) is 3.17. The summed E-state index contributed by atoms with van der Waals surface area (Å²) in [5.74, 6) is 1.08. The van der Waals surface area contributed by atoms with Crippen LogP contribution in [-0.4, -0.2) is 48.6 Å². The van der Waals surface area contributed by atoms with Crippen LogP contribution in [0.2, 0.25) is 5.02 Å². The van der Waals surface area contributed by atoms with E-state index in [1.165, 1.54) is 19.3 Å². The van der Waals surface area contributed by atoms with Crippen LogP contribution >= 0.6 is 11.6 Å². The van der Waals surface area contributed by atoms with Crippen molar-refractivity contribution in [2.45, 2.75) is 44.8 Å². The van der Waals surface area contributed by atoms with Crippen molar-refractivity contribution in [2.75, 3.05) is 31.6 Å². The topological polar surface area (TPSA) is 31.4 Å². The van der Waals surface area contributed by atoms with Crippen molar-refractivity contribution in [2.24, 2.45) is 0 Å². The fraction of sp³-hybridized carbons (Fsp3) is 0.688. The number of rotatable bonds is 4. The van der Waals surface area contributed by atoms with Crippen molar-refractivity contribution in [1.82, 2.24) is 15.2 Å². The summed E-state index contributed by atoms with van der Waals surface area (Å²) in [5, 5.41) is 4.10. The van der Waals surface area contributed by atoms with E-state index < -0.39 is 0 Å². The van der Waals surface area contributed by atoms with Crippen molar-refractivity contribution in [3.63, 3.8) is 0 Å². The molecule has 3 rings (SSSR count). The molecule has 116 valence electrons. The van der Waals surface area contributed by atoms with Crippen molar-refractivity contribution >= 4 is 17.4 Å². The Morgan fingerprint density at radius 2 is 2.14 bits per heavy atom. The Morgan fingerprint density at radius 3 is 2.95 bits per heavy atom. The van der Waals surface area contributed by atoms with Gasteiger partial charge >= 0.3 is 0 Å². The first-order valence-electron chi connectivity index (χ1n) is 8.01. The summed E-state index contributed by atoms with van der Waals surface area (Å²) in [4.78, 5) is 9.57. The van der Waals surface area contributed by atoms with Crippen molar-refractivity contribution in [1.29, 1.82) is 0 Å². The number of nitrogens with zero attached hydrogens (tertiary/aromatic N) is 3. The summed E-state index contributed by atoms with van der Waals surface area (Å²) in [6, 6.07) is 3.59. The first kappa shape index (κ1) is 15.1. The van der Waals surface area contributed by atoms with Gasteiger partial charge in [0.25, 0.3) is 0 Å². The summed E-state index contributed by atoms with van der Waals surface area (Å²) in [5.41, 5.74) is 1.14. The van der Waals surface area contributed by atoms with Crippen LogP contribution in [0.15, 0.2) is 12.3 Å². The summed E-state index contributed by atoms with van der Waals surface area (Å²) in [6.45, 7) is 6.05. The molecule has 4 nitrogen and oxygen atoms in total. The fourth-order valence-electron chi connectivity index (χ4n) is 3.55. The number of hydrogen-bond donors (Lipinski definition) is 1. The molecule has 21 heavy (non-hydrogen) atoms. The molecule has 2 fully saturated rings. The van der Waals surface area contributed by atoms with E-state index in [0.717, 1.165) is 48.6 Å². The normalized spacial score (nSPS) is 26.1. The number of hydrogen-bond acceptors (Lipinski definition) is 4. The Hall–Kier alpha value is -0.840. The molecule has 5 heteroatoms. The smallest absolute Gasteiger partial charge is 0.128 e. The molecule has 2 aliphatic heterocycles. The minimum absolute atomic E-state index is 0.673. The lowest BCUT2D eigenvalue weighted by molar-refractivity contribution is 0.254. The van der Waals surface area contributed by atoms with Gasteiger partial charge in [0.05, 0.1) is 5.02 Å². The average molecular weight is 309 g/mol. The van der Waals surface area contributed by atoms with E-state index in [4.69, 9.17) is 11.6 Å². The second-order valence-corrected chi connectivity index (χ2v) is 6.61. The number of likely N-dealkylation sites (N-methyl/N-ethyl adjacent to an activating group) is 1. The molecule has 0 saturated carbocycles. The Kier molecular flexibility index (Phi) is 4.67. The molecule has 2 saturated heterocycles. The zero-order chi connectivity index (χ0) is 14.8. The molecule has 2 atom stereocenters. The maximum atomic E-state index is 6.26. The van der Waals surface area contributed by atoms with Gasteiger partial charge in [-0.2, -0.15) is 0 Å². The van der Waals surface area contributed by atoms with E-state index >= 15 is 0 Å². The van der Waals surface area contributed by atoms with E-state index in [-0.39, 0.29) is 0 Å². The minimum atomic E-state index is 0.673. The molecule has 1 aromatic heterocycles. The summed E-state index contributed by atoms with van der Waals surface area (Å²) in [6.07, 6.45) is 5.71. The SMILES string of the molecule is CCNCc1cc(N2CCC3CCC(C2)N3C)ncc1Cl. The minimum Gasteiger partial charge on any atom is -0.355 e. The molecule has 0 spiro atoms. The number of nitrogens with one attached hydrogen (secondary N) is 1. The lowest BCUT2D eigenvalue weighted by Crippen LogP contribution is -2.37. The van der Waals surface area contributed by atoms with Gasteiger partial charge in [-0.25, -0.2) is 4.98 Å². The third-order valence-corrected chi connectivity index (χ3v) is 5.30. The number of fused-ring (bicyclic) bond motifs is 2. The quantitative estimate of drug-likeness (QED) is 0.926. The van der Waals surface area contributed by atoms with Crippen LogP contribution in [0.3, 0.4) is 0 Å². The maximum Gasteiger partial charge on any atom is 0.128 e. The summed E-state index contributed by atoms with van der Waals surface area (Å²) in [7, 11) is 2.28.